The van der Waals surface area contributed by atoms with Gasteiger partial charge in [-0.1, -0.05) is 0 Å². The van der Waals surface area contributed by atoms with Crippen LogP contribution < -0.4 is 10.5 Å². The van der Waals surface area contributed by atoms with Crippen LogP contribution in [0.3, 0.4) is 0 Å². The first-order valence-corrected chi connectivity index (χ1v) is 9.54. The molecular weight excluding hydrogens is 397 g/mol. The zero-order valence-electron chi connectivity index (χ0n) is 16.2. The van der Waals surface area contributed by atoms with Gasteiger partial charge in [-0.2, -0.15) is 5.26 Å². The first kappa shape index (κ1) is 21.6. The predicted octanol–water partition coefficient (Wildman–Crippen LogP) is 2.70. The number of likely N-dealkylation sites (tertiary alicyclic amines) is 1. The summed E-state index contributed by atoms with van der Waals surface area (Å²) in [5, 5.41) is 8.93. The Morgan fingerprint density at radius 3 is 2.83 bits per heavy atom. The van der Waals surface area contributed by atoms with Crippen molar-refractivity contribution in [3.63, 3.8) is 0 Å². The van der Waals surface area contributed by atoms with Crippen LogP contribution in [0.5, 0.6) is 5.88 Å². The zero-order valence-corrected chi connectivity index (χ0v) is 16.2. The van der Waals surface area contributed by atoms with Crippen LogP contribution in [0.15, 0.2) is 30.5 Å². The predicted molar refractivity (Wildman–Crippen MR) is 102 cm³/mol. The standard InChI is InChI=1S/C21H21F3N4O2/c22-17-10-19(24)18(23)8-14(17)7-15(26)9-21(29)28-5-1-2-16(28)12-30-20-6-13(11-25)3-4-27-20/h3-4,6,8,10,15-16H,1-2,5,7,9,12,26H2/t15-,16+/m1/s1. The van der Waals surface area contributed by atoms with Crippen LogP contribution in [-0.2, 0) is 11.2 Å². The summed E-state index contributed by atoms with van der Waals surface area (Å²) in [6, 6.07) is 5.42. The molecular formula is C21H21F3N4O2. The average molecular weight is 418 g/mol. The van der Waals surface area contributed by atoms with E-state index < -0.39 is 23.5 Å². The van der Waals surface area contributed by atoms with Gasteiger partial charge in [-0.15, -0.1) is 0 Å². The van der Waals surface area contributed by atoms with E-state index in [0.717, 1.165) is 18.9 Å². The van der Waals surface area contributed by atoms with Gasteiger partial charge in [-0.25, -0.2) is 18.2 Å². The molecule has 2 aromatic rings. The number of hydrogen-bond acceptors (Lipinski definition) is 5. The molecule has 1 fully saturated rings. The van der Waals surface area contributed by atoms with Crippen LogP contribution in [0.2, 0.25) is 0 Å². The number of aromatic nitrogens is 1. The molecule has 158 valence electrons. The minimum atomic E-state index is -1.27. The van der Waals surface area contributed by atoms with Gasteiger partial charge < -0.3 is 15.4 Å². The van der Waals surface area contributed by atoms with Crippen LogP contribution in [-0.4, -0.2) is 41.0 Å². The summed E-state index contributed by atoms with van der Waals surface area (Å²) < 4.78 is 45.8. The topological polar surface area (TPSA) is 92.2 Å². The molecule has 9 heteroatoms. The lowest BCUT2D eigenvalue weighted by atomic mass is 10.0. The minimum absolute atomic E-state index is 0.0584. The smallest absolute Gasteiger partial charge is 0.224 e. The molecule has 1 aromatic carbocycles. The molecule has 0 radical (unpaired) electrons. The number of rotatable bonds is 7. The van der Waals surface area contributed by atoms with Crippen molar-refractivity contribution in [3.05, 3.63) is 59.0 Å². The highest BCUT2D eigenvalue weighted by molar-refractivity contribution is 5.77. The molecule has 2 atom stereocenters. The number of nitriles is 1. The van der Waals surface area contributed by atoms with Crippen molar-refractivity contribution < 1.29 is 22.7 Å². The molecule has 0 spiro atoms. The Bertz CT molecular complexity index is 964. The Hall–Kier alpha value is -3.12. The molecule has 0 saturated carbocycles. The van der Waals surface area contributed by atoms with E-state index in [2.05, 4.69) is 4.98 Å². The first-order chi connectivity index (χ1) is 14.4. The highest BCUT2D eigenvalue weighted by Gasteiger charge is 2.30. The summed E-state index contributed by atoms with van der Waals surface area (Å²) in [7, 11) is 0. The van der Waals surface area contributed by atoms with E-state index in [1.54, 1.807) is 11.0 Å². The number of amides is 1. The lowest BCUT2D eigenvalue weighted by molar-refractivity contribution is -0.132. The first-order valence-electron chi connectivity index (χ1n) is 9.54. The number of ether oxygens (including phenoxy) is 1. The summed E-state index contributed by atoms with van der Waals surface area (Å²) in [6.45, 7) is 0.769. The van der Waals surface area contributed by atoms with Gasteiger partial charge in [-0.3, -0.25) is 4.79 Å². The van der Waals surface area contributed by atoms with Crippen LogP contribution in [0.4, 0.5) is 13.2 Å². The van der Waals surface area contributed by atoms with Crippen molar-refractivity contribution >= 4 is 5.91 Å². The Balaban J connectivity index is 1.56. The van der Waals surface area contributed by atoms with E-state index in [-0.39, 0.29) is 37.0 Å². The van der Waals surface area contributed by atoms with Crippen LogP contribution in [0, 0.1) is 28.8 Å². The van der Waals surface area contributed by atoms with Crippen LogP contribution in [0.1, 0.15) is 30.4 Å². The summed E-state index contributed by atoms with van der Waals surface area (Å²) in [4.78, 5) is 18.4. The average Bonchev–Trinajstić information content (AvgIpc) is 3.19. The molecule has 1 amide bonds. The number of carbonyl (C=O) groups excluding carboxylic acids is 1. The third-order valence-electron chi connectivity index (χ3n) is 4.99. The van der Waals surface area contributed by atoms with Gasteiger partial charge in [0.2, 0.25) is 11.8 Å². The highest BCUT2D eigenvalue weighted by atomic mass is 19.2. The van der Waals surface area contributed by atoms with Gasteiger partial charge >= 0.3 is 0 Å². The van der Waals surface area contributed by atoms with Gasteiger partial charge in [0, 0.05) is 37.3 Å². The largest absolute Gasteiger partial charge is 0.475 e. The zero-order chi connectivity index (χ0) is 21.7. The third kappa shape index (κ3) is 5.27. The number of hydrogen-bond donors (Lipinski definition) is 1. The molecule has 1 aliphatic heterocycles. The van der Waals surface area contributed by atoms with E-state index in [4.69, 9.17) is 15.7 Å². The number of benzene rings is 1. The van der Waals surface area contributed by atoms with E-state index in [1.807, 2.05) is 6.07 Å². The van der Waals surface area contributed by atoms with E-state index in [0.29, 0.717) is 24.1 Å². The monoisotopic (exact) mass is 418 g/mol. The van der Waals surface area contributed by atoms with Gasteiger partial charge in [0.25, 0.3) is 0 Å². The minimum Gasteiger partial charge on any atom is -0.475 e. The second kappa shape index (κ2) is 9.59. The molecule has 1 aromatic heterocycles. The van der Waals surface area contributed by atoms with Crippen molar-refractivity contribution in [2.75, 3.05) is 13.2 Å². The number of halogens is 3. The normalized spacial score (nSPS) is 16.9. The summed E-state index contributed by atoms with van der Waals surface area (Å²) in [6.07, 6.45) is 2.88. The molecule has 6 nitrogen and oxygen atoms in total. The maximum Gasteiger partial charge on any atom is 0.224 e. The number of nitrogens with zero attached hydrogens (tertiary/aromatic N) is 3. The third-order valence-corrected chi connectivity index (χ3v) is 4.99. The highest BCUT2D eigenvalue weighted by Crippen LogP contribution is 2.21. The number of pyridine rings is 1. The van der Waals surface area contributed by atoms with E-state index in [9.17, 15) is 18.0 Å². The molecule has 3 rings (SSSR count). The van der Waals surface area contributed by atoms with Gasteiger partial charge in [-0.05, 0) is 37.0 Å². The maximum absolute atomic E-state index is 13.8. The Labute approximate surface area is 172 Å². The lowest BCUT2D eigenvalue weighted by Gasteiger charge is -2.26. The SMILES string of the molecule is N#Cc1ccnc(OC[C@@H]2CCCN2C(=O)C[C@H](N)Cc2cc(F)c(F)cc2F)c1. The van der Waals surface area contributed by atoms with Gasteiger partial charge in [0.1, 0.15) is 12.4 Å². The molecule has 0 unspecified atom stereocenters. The lowest BCUT2D eigenvalue weighted by Crippen LogP contribution is -2.42. The quantitative estimate of drug-likeness (QED) is 0.698. The fourth-order valence-corrected chi connectivity index (χ4v) is 3.49. The maximum atomic E-state index is 13.8. The second-order valence-electron chi connectivity index (χ2n) is 7.21. The van der Waals surface area contributed by atoms with Crippen molar-refractivity contribution in [1.29, 1.82) is 5.26 Å². The fourth-order valence-electron chi connectivity index (χ4n) is 3.49. The Kier molecular flexibility index (Phi) is 6.90. The van der Waals surface area contributed by atoms with Crippen molar-refractivity contribution in [2.24, 2.45) is 5.73 Å². The molecule has 30 heavy (non-hydrogen) atoms. The Morgan fingerprint density at radius 2 is 2.07 bits per heavy atom. The molecule has 1 aliphatic rings. The molecule has 0 aliphatic carbocycles. The molecule has 2 heterocycles. The molecule has 0 bridgehead atoms. The van der Waals surface area contributed by atoms with E-state index in [1.165, 1.54) is 12.3 Å². The molecule has 1 saturated heterocycles. The van der Waals surface area contributed by atoms with Crippen LogP contribution in [0.25, 0.3) is 0 Å². The number of carbonyl (C=O) groups is 1. The van der Waals surface area contributed by atoms with Crippen molar-refractivity contribution in [1.82, 2.24) is 9.88 Å². The van der Waals surface area contributed by atoms with Crippen LogP contribution >= 0.6 is 0 Å². The summed E-state index contributed by atoms with van der Waals surface area (Å²) in [5.41, 5.74) is 6.33. The van der Waals surface area contributed by atoms with Gasteiger partial charge in [0.15, 0.2) is 11.6 Å². The number of nitrogens with two attached hydrogens (primary N) is 1. The summed E-state index contributed by atoms with van der Waals surface area (Å²) in [5.74, 6) is -3.23. The summed E-state index contributed by atoms with van der Waals surface area (Å²) >= 11 is 0. The Morgan fingerprint density at radius 1 is 1.30 bits per heavy atom. The van der Waals surface area contributed by atoms with Crippen molar-refractivity contribution in [2.45, 2.75) is 37.8 Å². The van der Waals surface area contributed by atoms with E-state index >= 15 is 0 Å². The second-order valence-corrected chi connectivity index (χ2v) is 7.21. The molecule has 2 N–H and O–H groups in total. The van der Waals surface area contributed by atoms with Crippen molar-refractivity contribution in [3.8, 4) is 11.9 Å². The fraction of sp³-hybridized carbons (Fsp3) is 0.381. The van der Waals surface area contributed by atoms with Gasteiger partial charge in [0.05, 0.1) is 17.7 Å².